The lowest BCUT2D eigenvalue weighted by Gasteiger charge is -2.69. The number of ether oxygens (including phenoxy) is 1. The Morgan fingerprint density at radius 1 is 1.05 bits per heavy atom. The number of methoxy groups -OCH3 is 1. The molecule has 0 amide bonds. The third kappa shape index (κ3) is 3.17. The van der Waals surface area contributed by atoms with E-state index in [1.165, 1.54) is 7.11 Å². The molecule has 0 heterocycles. The summed E-state index contributed by atoms with van der Waals surface area (Å²) in [7, 11) is 1.49. The van der Waals surface area contributed by atoms with E-state index >= 15 is 0 Å². The Morgan fingerprint density at radius 2 is 1.70 bits per heavy atom. The van der Waals surface area contributed by atoms with Crippen molar-refractivity contribution < 1.29 is 19.4 Å². The van der Waals surface area contributed by atoms with Gasteiger partial charge < -0.3 is 9.84 Å². The van der Waals surface area contributed by atoms with Gasteiger partial charge in [-0.1, -0.05) is 60.1 Å². The summed E-state index contributed by atoms with van der Waals surface area (Å²) in [5.41, 5.74) is -0.454. The molecule has 0 aromatic heterocycles. The number of ketones is 1. The van der Waals surface area contributed by atoms with Crippen LogP contribution < -0.4 is 0 Å². The van der Waals surface area contributed by atoms with Crippen LogP contribution in [0.1, 0.15) is 93.4 Å². The molecule has 37 heavy (non-hydrogen) atoms. The SMILES string of the molecule is COC(=O)[C@]12CCC(C)(C)CC1C1C(=O)C=C3[C@@]4(C)C=C(C#N)C(O)C(C)(C)C4CC[C@@]3(C)[C@]1(C)CC2. The van der Waals surface area contributed by atoms with Crippen molar-refractivity contribution in [3.63, 3.8) is 0 Å². The molecule has 0 radical (unpaired) electrons. The first-order valence-corrected chi connectivity index (χ1v) is 14.2. The molecule has 3 saturated carbocycles. The zero-order valence-corrected chi connectivity index (χ0v) is 24.0. The first-order valence-electron chi connectivity index (χ1n) is 14.2. The van der Waals surface area contributed by atoms with E-state index < -0.39 is 22.3 Å². The van der Waals surface area contributed by atoms with Crippen LogP contribution in [0.2, 0.25) is 0 Å². The number of aliphatic hydroxyl groups excluding tert-OH is 1. The Morgan fingerprint density at radius 3 is 2.32 bits per heavy atom. The molecule has 5 nitrogen and oxygen atoms in total. The van der Waals surface area contributed by atoms with Crippen molar-refractivity contribution in [2.45, 2.75) is 99.5 Å². The van der Waals surface area contributed by atoms with E-state index in [9.17, 15) is 20.0 Å². The molecule has 0 saturated heterocycles. The van der Waals surface area contributed by atoms with Crippen molar-refractivity contribution >= 4 is 11.8 Å². The van der Waals surface area contributed by atoms with Crippen LogP contribution in [0.15, 0.2) is 23.3 Å². The second kappa shape index (κ2) is 7.81. The minimum absolute atomic E-state index is 0.0371. The highest BCUT2D eigenvalue weighted by Gasteiger charge is 2.71. The van der Waals surface area contributed by atoms with Crippen LogP contribution in [-0.2, 0) is 14.3 Å². The van der Waals surface area contributed by atoms with Gasteiger partial charge in [-0.05, 0) is 84.5 Å². The predicted octanol–water partition coefficient (Wildman–Crippen LogP) is 6.17. The summed E-state index contributed by atoms with van der Waals surface area (Å²) in [6.45, 7) is 15.5. The van der Waals surface area contributed by atoms with Crippen molar-refractivity contribution in [2.75, 3.05) is 7.11 Å². The van der Waals surface area contributed by atoms with Crippen molar-refractivity contribution in [1.82, 2.24) is 0 Å². The molecule has 0 aromatic rings. The summed E-state index contributed by atoms with van der Waals surface area (Å²) in [4.78, 5) is 27.8. The van der Waals surface area contributed by atoms with Gasteiger partial charge in [0.05, 0.1) is 30.3 Å². The fraction of sp³-hybridized carbons (Fsp3) is 0.781. The van der Waals surface area contributed by atoms with Gasteiger partial charge in [0.2, 0.25) is 0 Å². The van der Waals surface area contributed by atoms with E-state index in [1.807, 2.05) is 12.2 Å². The third-order valence-corrected chi connectivity index (χ3v) is 12.7. The summed E-state index contributed by atoms with van der Waals surface area (Å²) in [6.07, 6.45) is 9.14. The van der Waals surface area contributed by atoms with Gasteiger partial charge in [0.1, 0.15) is 0 Å². The Bertz CT molecular complexity index is 1160. The maximum Gasteiger partial charge on any atom is 0.312 e. The zero-order valence-electron chi connectivity index (χ0n) is 24.0. The topological polar surface area (TPSA) is 87.4 Å². The Kier molecular flexibility index (Phi) is 5.63. The molecule has 1 N–H and O–H groups in total. The number of hydrogen-bond donors (Lipinski definition) is 1. The Balaban J connectivity index is 1.70. The number of carbonyl (C=O) groups is 2. The number of nitriles is 1. The van der Waals surface area contributed by atoms with Gasteiger partial charge in [0, 0.05) is 11.3 Å². The van der Waals surface area contributed by atoms with Crippen LogP contribution in [0.25, 0.3) is 0 Å². The number of fused-ring (bicyclic) bond motifs is 7. The van der Waals surface area contributed by atoms with Gasteiger partial charge in [0.15, 0.2) is 5.78 Å². The van der Waals surface area contributed by atoms with Crippen molar-refractivity contribution in [3.8, 4) is 6.07 Å². The summed E-state index contributed by atoms with van der Waals surface area (Å²) < 4.78 is 5.41. The van der Waals surface area contributed by atoms with Gasteiger partial charge in [-0.15, -0.1) is 0 Å². The van der Waals surface area contributed by atoms with Crippen LogP contribution in [0.3, 0.4) is 0 Å². The first kappa shape index (κ1) is 26.7. The van der Waals surface area contributed by atoms with E-state index in [0.29, 0.717) is 5.57 Å². The lowest BCUT2D eigenvalue weighted by Crippen LogP contribution is -2.66. The van der Waals surface area contributed by atoms with Crippen molar-refractivity contribution in [1.29, 1.82) is 5.26 Å². The number of allylic oxidation sites excluding steroid dienone is 3. The van der Waals surface area contributed by atoms with Crippen LogP contribution in [0.4, 0.5) is 0 Å². The number of aliphatic hydroxyl groups is 1. The van der Waals surface area contributed by atoms with Crippen LogP contribution in [0, 0.1) is 61.6 Å². The second-order valence-corrected chi connectivity index (χ2v) is 15.1. The molecule has 8 atom stereocenters. The summed E-state index contributed by atoms with van der Waals surface area (Å²) in [6, 6.07) is 2.27. The maximum absolute atomic E-state index is 14.4. The highest BCUT2D eigenvalue weighted by Crippen LogP contribution is 2.74. The summed E-state index contributed by atoms with van der Waals surface area (Å²) in [5, 5.41) is 21.0. The Hall–Kier alpha value is -1.93. The quantitative estimate of drug-likeness (QED) is 0.429. The average molecular weight is 508 g/mol. The van der Waals surface area contributed by atoms with Gasteiger partial charge in [-0.25, -0.2) is 0 Å². The number of hydrogen-bond acceptors (Lipinski definition) is 5. The zero-order chi connectivity index (χ0) is 27.4. The smallest absolute Gasteiger partial charge is 0.312 e. The molecule has 5 heteroatoms. The van der Waals surface area contributed by atoms with E-state index in [-0.39, 0.29) is 45.8 Å². The van der Waals surface area contributed by atoms with Crippen LogP contribution in [0.5, 0.6) is 0 Å². The molecular formula is C32H45NO4. The van der Waals surface area contributed by atoms with Gasteiger partial charge in [-0.2, -0.15) is 5.26 Å². The summed E-state index contributed by atoms with van der Waals surface area (Å²) in [5.74, 6) is -0.127. The first-order chi connectivity index (χ1) is 17.0. The third-order valence-electron chi connectivity index (χ3n) is 12.7. The molecule has 4 unspecified atom stereocenters. The number of esters is 1. The Labute approximate surface area is 222 Å². The second-order valence-electron chi connectivity index (χ2n) is 15.1. The van der Waals surface area contributed by atoms with E-state index in [0.717, 1.165) is 50.5 Å². The summed E-state index contributed by atoms with van der Waals surface area (Å²) >= 11 is 0. The fourth-order valence-corrected chi connectivity index (χ4v) is 10.4. The van der Waals surface area contributed by atoms with Gasteiger partial charge in [-0.3, -0.25) is 9.59 Å². The number of carbonyl (C=O) groups excluding carboxylic acids is 2. The molecule has 5 aliphatic rings. The standard InChI is InChI=1S/C32H45NO4/c1-27(2)11-13-32(26(36)37-8)14-12-31(7)24(20(32)17-27)21(34)15-23-29(5)16-19(18-33)25(35)28(3,4)22(29)9-10-30(23,31)6/h15-16,20,22,24-25,35H,9-14,17H2,1-8H3/t20?,22?,24?,25?,29-,30+,31+,32-/m0/s1. The highest BCUT2D eigenvalue weighted by molar-refractivity contribution is 5.96. The van der Waals surface area contributed by atoms with Gasteiger partial charge >= 0.3 is 5.97 Å². The van der Waals surface area contributed by atoms with Gasteiger partial charge in [0.25, 0.3) is 0 Å². The van der Waals surface area contributed by atoms with E-state index in [2.05, 4.69) is 54.5 Å². The van der Waals surface area contributed by atoms with Crippen LogP contribution >= 0.6 is 0 Å². The predicted molar refractivity (Wildman–Crippen MR) is 142 cm³/mol. The maximum atomic E-state index is 14.4. The molecule has 0 bridgehead atoms. The highest BCUT2D eigenvalue weighted by atomic mass is 16.5. The molecule has 0 aliphatic heterocycles. The molecule has 5 rings (SSSR count). The minimum atomic E-state index is -0.803. The van der Waals surface area contributed by atoms with Crippen LogP contribution in [-0.4, -0.2) is 30.1 Å². The fourth-order valence-electron chi connectivity index (χ4n) is 10.4. The molecule has 0 aromatic carbocycles. The normalized spacial score (nSPS) is 47.6. The number of nitrogens with zero attached hydrogens (tertiary/aromatic N) is 1. The number of rotatable bonds is 1. The lowest BCUT2D eigenvalue weighted by atomic mass is 9.34. The monoisotopic (exact) mass is 507 g/mol. The largest absolute Gasteiger partial charge is 0.469 e. The van der Waals surface area contributed by atoms with E-state index in [1.54, 1.807) is 0 Å². The van der Waals surface area contributed by atoms with E-state index in [4.69, 9.17) is 4.74 Å². The minimum Gasteiger partial charge on any atom is -0.469 e. The average Bonchev–Trinajstić information content (AvgIpc) is 2.82. The molecular weight excluding hydrogens is 462 g/mol. The van der Waals surface area contributed by atoms with Crippen molar-refractivity contribution in [2.24, 2.45) is 50.2 Å². The molecule has 0 spiro atoms. The molecule has 202 valence electrons. The molecule has 5 aliphatic carbocycles. The van der Waals surface area contributed by atoms with Crippen molar-refractivity contribution in [3.05, 3.63) is 23.3 Å². The molecule has 3 fully saturated rings. The lowest BCUT2D eigenvalue weighted by molar-refractivity contribution is -0.191.